The van der Waals surface area contributed by atoms with Crippen molar-refractivity contribution in [3.05, 3.63) is 27.8 Å². The van der Waals surface area contributed by atoms with Crippen LogP contribution in [0.5, 0.6) is 0 Å². The number of aliphatic carboxylic acids is 1. The molecule has 0 aliphatic heterocycles. The summed E-state index contributed by atoms with van der Waals surface area (Å²) in [7, 11) is 0. The summed E-state index contributed by atoms with van der Waals surface area (Å²) in [5.74, 6) is -1.02. The molecule has 0 saturated carbocycles. The van der Waals surface area contributed by atoms with Gasteiger partial charge >= 0.3 is 12.0 Å². The fourth-order valence-electron chi connectivity index (χ4n) is 1.26. The summed E-state index contributed by atoms with van der Waals surface area (Å²) in [5, 5.41) is 11.3. The Labute approximate surface area is 113 Å². The van der Waals surface area contributed by atoms with E-state index in [9.17, 15) is 9.59 Å². The number of anilines is 1. The van der Waals surface area contributed by atoms with Gasteiger partial charge in [-0.05, 0) is 47.7 Å². The van der Waals surface area contributed by atoms with Crippen molar-refractivity contribution in [2.75, 3.05) is 18.4 Å². The Morgan fingerprint density at radius 2 is 2.18 bits per heavy atom. The SMILES string of the molecule is CCN(CC(=O)O)C(=O)Nc1cccc(I)c1. The summed E-state index contributed by atoms with van der Waals surface area (Å²) in [4.78, 5) is 23.5. The first-order valence-electron chi connectivity index (χ1n) is 5.06. The number of carboxylic acids is 1. The van der Waals surface area contributed by atoms with E-state index in [2.05, 4.69) is 27.9 Å². The second kappa shape index (κ2) is 6.43. The molecule has 0 heterocycles. The van der Waals surface area contributed by atoms with Crippen molar-refractivity contribution in [2.24, 2.45) is 0 Å². The molecule has 6 heteroatoms. The molecular weight excluding hydrogens is 335 g/mol. The van der Waals surface area contributed by atoms with Crippen LogP contribution in [-0.2, 0) is 4.79 Å². The van der Waals surface area contributed by atoms with Crippen LogP contribution in [0.3, 0.4) is 0 Å². The third-order valence-corrected chi connectivity index (χ3v) is 2.74. The molecule has 0 bridgehead atoms. The molecule has 0 spiro atoms. The second-order valence-corrected chi connectivity index (χ2v) is 4.59. The molecule has 0 saturated heterocycles. The first kappa shape index (κ1) is 13.8. The van der Waals surface area contributed by atoms with E-state index in [-0.39, 0.29) is 6.54 Å². The van der Waals surface area contributed by atoms with Crippen molar-refractivity contribution in [3.63, 3.8) is 0 Å². The number of halogens is 1. The van der Waals surface area contributed by atoms with Crippen LogP contribution in [0.4, 0.5) is 10.5 Å². The summed E-state index contributed by atoms with van der Waals surface area (Å²) >= 11 is 2.14. The van der Waals surface area contributed by atoms with Crippen molar-refractivity contribution in [1.29, 1.82) is 0 Å². The summed E-state index contributed by atoms with van der Waals surface area (Å²) in [5.41, 5.74) is 0.658. The van der Waals surface area contributed by atoms with E-state index in [1.54, 1.807) is 13.0 Å². The lowest BCUT2D eigenvalue weighted by atomic mass is 10.3. The Bertz CT molecular complexity index is 423. The lowest BCUT2D eigenvalue weighted by Crippen LogP contribution is -2.38. The maximum atomic E-state index is 11.7. The molecular formula is C11H13IN2O3. The molecule has 0 unspecified atom stereocenters. The Morgan fingerprint density at radius 3 is 2.71 bits per heavy atom. The lowest BCUT2D eigenvalue weighted by Gasteiger charge is -2.19. The summed E-state index contributed by atoms with van der Waals surface area (Å²) < 4.78 is 1.00. The molecule has 0 aromatic heterocycles. The average Bonchev–Trinajstić information content (AvgIpc) is 2.25. The molecule has 0 aliphatic carbocycles. The van der Waals surface area contributed by atoms with Gasteiger partial charge in [-0.2, -0.15) is 0 Å². The number of hydrogen-bond donors (Lipinski definition) is 2. The van der Waals surface area contributed by atoms with Gasteiger partial charge in [0.05, 0.1) is 0 Å². The third kappa shape index (κ3) is 4.59. The second-order valence-electron chi connectivity index (χ2n) is 3.35. The Hall–Kier alpha value is -1.31. The van der Waals surface area contributed by atoms with Crippen LogP contribution < -0.4 is 5.32 Å². The fourth-order valence-corrected chi connectivity index (χ4v) is 1.80. The smallest absolute Gasteiger partial charge is 0.323 e. The van der Waals surface area contributed by atoms with Crippen LogP contribution in [0.15, 0.2) is 24.3 Å². The number of carboxylic acid groups (broad SMARTS) is 1. The summed E-state index contributed by atoms with van der Waals surface area (Å²) in [6.45, 7) is 1.78. The number of nitrogens with zero attached hydrogens (tertiary/aromatic N) is 1. The molecule has 2 amide bonds. The van der Waals surface area contributed by atoms with Crippen molar-refractivity contribution in [2.45, 2.75) is 6.92 Å². The molecule has 92 valence electrons. The molecule has 1 aromatic carbocycles. The van der Waals surface area contributed by atoms with Gasteiger partial charge in [0, 0.05) is 15.8 Å². The van der Waals surface area contributed by atoms with E-state index in [4.69, 9.17) is 5.11 Å². The zero-order valence-corrected chi connectivity index (χ0v) is 11.5. The van der Waals surface area contributed by atoms with Crippen LogP contribution in [0.2, 0.25) is 0 Å². The van der Waals surface area contributed by atoms with E-state index >= 15 is 0 Å². The molecule has 1 aromatic rings. The first-order chi connectivity index (χ1) is 8.02. The highest BCUT2D eigenvalue weighted by atomic mass is 127. The topological polar surface area (TPSA) is 69.6 Å². The first-order valence-corrected chi connectivity index (χ1v) is 6.14. The molecule has 0 aliphatic rings. The van der Waals surface area contributed by atoms with Crippen molar-refractivity contribution in [1.82, 2.24) is 4.90 Å². The van der Waals surface area contributed by atoms with Crippen LogP contribution in [0, 0.1) is 3.57 Å². The molecule has 2 N–H and O–H groups in total. The number of amides is 2. The van der Waals surface area contributed by atoms with E-state index in [1.807, 2.05) is 18.2 Å². The fraction of sp³-hybridized carbons (Fsp3) is 0.273. The van der Waals surface area contributed by atoms with Gasteiger partial charge in [-0.3, -0.25) is 4.79 Å². The maximum Gasteiger partial charge on any atom is 0.323 e. The highest BCUT2D eigenvalue weighted by Gasteiger charge is 2.14. The number of nitrogens with one attached hydrogen (secondary N) is 1. The van der Waals surface area contributed by atoms with Gasteiger partial charge < -0.3 is 15.3 Å². The molecule has 5 nitrogen and oxygen atoms in total. The maximum absolute atomic E-state index is 11.7. The monoisotopic (exact) mass is 348 g/mol. The third-order valence-electron chi connectivity index (χ3n) is 2.07. The van der Waals surface area contributed by atoms with Crippen LogP contribution in [0.25, 0.3) is 0 Å². The van der Waals surface area contributed by atoms with Crippen molar-refractivity contribution >= 4 is 40.3 Å². The van der Waals surface area contributed by atoms with Crippen molar-refractivity contribution < 1.29 is 14.7 Å². The van der Waals surface area contributed by atoms with E-state index < -0.39 is 12.0 Å². The predicted octanol–water partition coefficient (Wildman–Crippen LogP) is 2.23. The van der Waals surface area contributed by atoms with Crippen LogP contribution in [0.1, 0.15) is 6.92 Å². The number of carbonyl (C=O) groups excluding carboxylic acids is 1. The van der Waals surface area contributed by atoms with E-state index in [1.165, 1.54) is 4.90 Å². The Morgan fingerprint density at radius 1 is 1.47 bits per heavy atom. The number of likely N-dealkylation sites (N-methyl/N-ethyl adjacent to an activating group) is 1. The Kier molecular flexibility index (Phi) is 5.20. The number of urea groups is 1. The summed E-state index contributed by atoms with van der Waals surface area (Å²) in [6.07, 6.45) is 0. The lowest BCUT2D eigenvalue weighted by molar-refractivity contribution is -0.137. The van der Waals surface area contributed by atoms with Gasteiger partial charge in [0.15, 0.2) is 0 Å². The number of rotatable bonds is 4. The molecule has 1 rings (SSSR count). The molecule has 0 atom stereocenters. The number of hydrogen-bond acceptors (Lipinski definition) is 2. The van der Waals surface area contributed by atoms with E-state index in [0.717, 1.165) is 3.57 Å². The largest absolute Gasteiger partial charge is 0.480 e. The van der Waals surface area contributed by atoms with Gasteiger partial charge in [0.1, 0.15) is 6.54 Å². The van der Waals surface area contributed by atoms with Crippen LogP contribution in [-0.4, -0.2) is 35.1 Å². The minimum Gasteiger partial charge on any atom is -0.480 e. The molecule has 0 fully saturated rings. The van der Waals surface area contributed by atoms with E-state index in [0.29, 0.717) is 12.2 Å². The van der Waals surface area contributed by atoms with Gasteiger partial charge in [-0.15, -0.1) is 0 Å². The number of benzene rings is 1. The van der Waals surface area contributed by atoms with Gasteiger partial charge in [0.2, 0.25) is 0 Å². The summed E-state index contributed by atoms with van der Waals surface area (Å²) in [6, 6.07) is 6.90. The minimum absolute atomic E-state index is 0.299. The number of carbonyl (C=O) groups is 2. The predicted molar refractivity (Wildman–Crippen MR) is 73.1 cm³/mol. The highest BCUT2D eigenvalue weighted by Crippen LogP contribution is 2.12. The molecule has 17 heavy (non-hydrogen) atoms. The van der Waals surface area contributed by atoms with Crippen LogP contribution >= 0.6 is 22.6 Å². The zero-order valence-electron chi connectivity index (χ0n) is 9.31. The van der Waals surface area contributed by atoms with Gasteiger partial charge in [-0.1, -0.05) is 6.07 Å². The standard InChI is InChI=1S/C11H13IN2O3/c1-2-14(7-10(15)16)11(17)13-9-5-3-4-8(12)6-9/h3-6H,2,7H2,1H3,(H,13,17)(H,15,16). The van der Waals surface area contributed by atoms with Gasteiger partial charge in [0.25, 0.3) is 0 Å². The quantitative estimate of drug-likeness (QED) is 0.820. The minimum atomic E-state index is -1.02. The molecule has 0 radical (unpaired) electrons. The Balaban J connectivity index is 2.67. The highest BCUT2D eigenvalue weighted by molar-refractivity contribution is 14.1. The van der Waals surface area contributed by atoms with Gasteiger partial charge in [-0.25, -0.2) is 4.79 Å². The zero-order chi connectivity index (χ0) is 12.8. The van der Waals surface area contributed by atoms with Crippen molar-refractivity contribution in [3.8, 4) is 0 Å². The normalized spacial score (nSPS) is 9.76. The average molecular weight is 348 g/mol.